The fraction of sp³-hybridized carbons (Fsp3) is 0.583. The molecule has 9 heteroatoms. The van der Waals surface area contributed by atoms with Gasteiger partial charge in [-0.1, -0.05) is 33.1 Å². The van der Waals surface area contributed by atoms with Crippen LogP contribution in [0.15, 0.2) is 23.1 Å². The van der Waals surface area contributed by atoms with Gasteiger partial charge >= 0.3 is 11.9 Å². The Morgan fingerprint density at radius 2 is 1.88 bits per heavy atom. The average Bonchev–Trinajstić information content (AvgIpc) is 2.79. The molecule has 0 radical (unpaired) electrons. The maximum atomic E-state index is 12.4. The maximum Gasteiger partial charge on any atom is 0.337 e. The topological polar surface area (TPSA) is 111 Å². The third kappa shape index (κ3) is 10.7. The number of carbonyl (C=O) groups excluding carboxylic acids is 4. The molecular formula is C24H36N2O6S. The predicted molar refractivity (Wildman–Crippen MR) is 129 cm³/mol. The van der Waals surface area contributed by atoms with E-state index in [1.807, 2.05) is 0 Å². The predicted octanol–water partition coefficient (Wildman–Crippen LogP) is 4.18. The number of ether oxygens (including phenoxy) is 2. The number of esters is 2. The summed E-state index contributed by atoms with van der Waals surface area (Å²) in [6.07, 6.45) is 4.47. The number of hydrogen-bond donors (Lipinski definition) is 2. The van der Waals surface area contributed by atoms with Crippen LogP contribution in [0.4, 0.5) is 5.69 Å². The molecule has 2 atom stereocenters. The molecule has 2 N–H and O–H groups in total. The van der Waals surface area contributed by atoms with Crippen molar-refractivity contribution in [3.8, 4) is 0 Å². The Bertz CT molecular complexity index is 814. The standard InChI is InChI=1S/C24H36N2O6S/c1-6-8-9-18(7-2)15-32-22(28)12-13-33-21-14-19(24(30)31-5)10-11-20(21)26-23(29)16(3)25-17(4)27/h10-11,14,16,18H,6-9,12-13,15H2,1-5H3,(H,25,27)(H,26,29)/t16-,18?/m0/s1. The fourth-order valence-corrected chi connectivity index (χ4v) is 4.00. The van der Waals surface area contributed by atoms with E-state index in [0.717, 1.165) is 25.7 Å². The molecule has 0 aromatic heterocycles. The van der Waals surface area contributed by atoms with Gasteiger partial charge < -0.3 is 20.1 Å². The van der Waals surface area contributed by atoms with Gasteiger partial charge in [0.1, 0.15) is 6.04 Å². The van der Waals surface area contributed by atoms with Crippen molar-refractivity contribution >= 4 is 41.2 Å². The Morgan fingerprint density at radius 3 is 2.48 bits per heavy atom. The van der Waals surface area contributed by atoms with Crippen molar-refractivity contribution < 1.29 is 28.7 Å². The lowest BCUT2D eigenvalue weighted by Gasteiger charge is -2.16. The molecule has 0 aliphatic rings. The van der Waals surface area contributed by atoms with Crippen LogP contribution < -0.4 is 10.6 Å². The van der Waals surface area contributed by atoms with Crippen LogP contribution in [0.2, 0.25) is 0 Å². The van der Waals surface area contributed by atoms with Gasteiger partial charge in [0, 0.05) is 17.6 Å². The van der Waals surface area contributed by atoms with Gasteiger partial charge in [-0.15, -0.1) is 11.8 Å². The van der Waals surface area contributed by atoms with Gasteiger partial charge in [-0.3, -0.25) is 14.4 Å². The third-order valence-corrected chi connectivity index (χ3v) is 6.12. The second-order valence-corrected chi connectivity index (χ2v) is 8.95. The lowest BCUT2D eigenvalue weighted by molar-refractivity contribution is -0.144. The fourth-order valence-electron chi connectivity index (χ4n) is 3.03. The highest BCUT2D eigenvalue weighted by atomic mass is 32.2. The molecule has 1 rings (SSSR count). The summed E-state index contributed by atoms with van der Waals surface area (Å²) in [5.41, 5.74) is 0.811. The van der Waals surface area contributed by atoms with Crippen LogP contribution in [0.25, 0.3) is 0 Å². The molecule has 0 fully saturated rings. The molecule has 1 unspecified atom stereocenters. The van der Waals surface area contributed by atoms with E-state index in [2.05, 4.69) is 24.5 Å². The van der Waals surface area contributed by atoms with Crippen LogP contribution >= 0.6 is 11.8 Å². The number of methoxy groups -OCH3 is 1. The van der Waals surface area contributed by atoms with Crippen molar-refractivity contribution in [2.24, 2.45) is 5.92 Å². The van der Waals surface area contributed by atoms with Gasteiger partial charge in [0.05, 0.1) is 31.4 Å². The molecule has 8 nitrogen and oxygen atoms in total. The van der Waals surface area contributed by atoms with Crippen LogP contribution in [0.1, 0.15) is 70.2 Å². The van der Waals surface area contributed by atoms with E-state index < -0.39 is 17.9 Å². The molecule has 0 saturated carbocycles. The van der Waals surface area contributed by atoms with E-state index in [-0.39, 0.29) is 18.3 Å². The first-order chi connectivity index (χ1) is 15.7. The molecule has 1 aromatic carbocycles. The summed E-state index contributed by atoms with van der Waals surface area (Å²) in [4.78, 5) is 48.3. The second kappa shape index (κ2) is 15.3. The zero-order valence-electron chi connectivity index (χ0n) is 20.2. The third-order valence-electron chi connectivity index (χ3n) is 5.06. The van der Waals surface area contributed by atoms with Crippen molar-refractivity contribution in [2.75, 3.05) is 24.8 Å². The number of thioether (sulfide) groups is 1. The zero-order chi connectivity index (χ0) is 24.8. The summed E-state index contributed by atoms with van der Waals surface area (Å²) >= 11 is 1.33. The van der Waals surface area contributed by atoms with Gasteiger partial charge in [-0.25, -0.2) is 4.79 Å². The van der Waals surface area contributed by atoms with Crippen molar-refractivity contribution in [1.82, 2.24) is 5.32 Å². The van der Waals surface area contributed by atoms with E-state index in [9.17, 15) is 19.2 Å². The van der Waals surface area contributed by atoms with Crippen molar-refractivity contribution in [1.29, 1.82) is 0 Å². The molecule has 2 amide bonds. The normalized spacial score (nSPS) is 12.4. The molecule has 0 heterocycles. The minimum Gasteiger partial charge on any atom is -0.465 e. The van der Waals surface area contributed by atoms with Crippen molar-refractivity contribution in [2.45, 2.75) is 70.7 Å². The van der Waals surface area contributed by atoms with E-state index in [1.54, 1.807) is 25.1 Å². The molecule has 184 valence electrons. The van der Waals surface area contributed by atoms with E-state index >= 15 is 0 Å². The quantitative estimate of drug-likeness (QED) is 0.304. The summed E-state index contributed by atoms with van der Waals surface area (Å²) < 4.78 is 10.2. The number of anilines is 1. The highest BCUT2D eigenvalue weighted by Crippen LogP contribution is 2.30. The van der Waals surface area contributed by atoms with E-state index in [4.69, 9.17) is 9.47 Å². The molecule has 0 aliphatic heterocycles. The molecule has 0 spiro atoms. The number of carbonyl (C=O) groups is 4. The Morgan fingerprint density at radius 1 is 1.15 bits per heavy atom. The van der Waals surface area contributed by atoms with Gasteiger partial charge in [0.25, 0.3) is 0 Å². The van der Waals surface area contributed by atoms with E-state index in [0.29, 0.717) is 34.4 Å². The van der Waals surface area contributed by atoms with Gasteiger partial charge in [-0.05, 0) is 37.5 Å². The lowest BCUT2D eigenvalue weighted by Crippen LogP contribution is -2.40. The van der Waals surface area contributed by atoms with Crippen molar-refractivity contribution in [3.63, 3.8) is 0 Å². The molecule has 0 saturated heterocycles. The number of unbranched alkanes of at least 4 members (excludes halogenated alkanes) is 1. The molecule has 33 heavy (non-hydrogen) atoms. The number of hydrogen-bond acceptors (Lipinski definition) is 7. The summed E-state index contributed by atoms with van der Waals surface area (Å²) in [7, 11) is 1.29. The van der Waals surface area contributed by atoms with E-state index in [1.165, 1.54) is 25.8 Å². The minimum absolute atomic E-state index is 0.201. The molecule has 0 bridgehead atoms. The van der Waals surface area contributed by atoms with Crippen molar-refractivity contribution in [3.05, 3.63) is 23.8 Å². The summed E-state index contributed by atoms with van der Waals surface area (Å²) in [6.45, 7) is 7.58. The second-order valence-electron chi connectivity index (χ2n) is 7.81. The highest BCUT2D eigenvalue weighted by molar-refractivity contribution is 7.99. The first-order valence-corrected chi connectivity index (χ1v) is 12.3. The number of benzene rings is 1. The largest absolute Gasteiger partial charge is 0.465 e. The monoisotopic (exact) mass is 480 g/mol. The summed E-state index contributed by atoms with van der Waals surface area (Å²) in [5, 5.41) is 5.29. The first-order valence-electron chi connectivity index (χ1n) is 11.3. The Labute approximate surface area is 200 Å². The summed E-state index contributed by atoms with van der Waals surface area (Å²) in [6, 6.07) is 4.03. The van der Waals surface area contributed by atoms with Gasteiger partial charge in [-0.2, -0.15) is 0 Å². The van der Waals surface area contributed by atoms with Crippen LogP contribution in [0.3, 0.4) is 0 Å². The Balaban J connectivity index is 2.77. The first kappa shape index (κ1) is 28.5. The zero-order valence-corrected chi connectivity index (χ0v) is 21.0. The minimum atomic E-state index is -0.727. The average molecular weight is 481 g/mol. The maximum absolute atomic E-state index is 12.4. The molecule has 0 aliphatic carbocycles. The van der Waals surface area contributed by atoms with Crippen LogP contribution in [0.5, 0.6) is 0 Å². The molecule has 1 aromatic rings. The van der Waals surface area contributed by atoms with Crippen LogP contribution in [-0.2, 0) is 23.9 Å². The van der Waals surface area contributed by atoms with Crippen LogP contribution in [-0.4, -0.2) is 49.3 Å². The summed E-state index contributed by atoms with van der Waals surface area (Å²) in [5.74, 6) is -0.684. The number of nitrogens with one attached hydrogen (secondary N) is 2. The SMILES string of the molecule is CCCCC(CC)COC(=O)CCSc1cc(C(=O)OC)ccc1NC(=O)[C@H](C)NC(C)=O. The van der Waals surface area contributed by atoms with Crippen LogP contribution in [0, 0.1) is 5.92 Å². The van der Waals surface area contributed by atoms with Gasteiger partial charge in [0.15, 0.2) is 0 Å². The number of amides is 2. The number of rotatable bonds is 14. The lowest BCUT2D eigenvalue weighted by atomic mass is 10.0. The molecular weight excluding hydrogens is 444 g/mol. The van der Waals surface area contributed by atoms with Gasteiger partial charge in [0.2, 0.25) is 11.8 Å². The Kier molecular flexibility index (Phi) is 13.2. The Hall–Kier alpha value is -2.55. The smallest absolute Gasteiger partial charge is 0.337 e. The highest BCUT2D eigenvalue weighted by Gasteiger charge is 2.18.